The number of aromatic nitrogens is 2. The van der Waals surface area contributed by atoms with Gasteiger partial charge in [0.1, 0.15) is 11.6 Å². The summed E-state index contributed by atoms with van der Waals surface area (Å²) in [6, 6.07) is 8.49. The Morgan fingerprint density at radius 1 is 1.22 bits per heavy atom. The molecule has 3 rings (SSSR count). The molecule has 12 heteroatoms. The number of carbonyl (C=O) groups is 1. The molecule has 0 radical (unpaired) electrons. The second kappa shape index (κ2) is 11.7. The van der Waals surface area contributed by atoms with Crippen LogP contribution in [-0.2, 0) is 11.4 Å². The van der Waals surface area contributed by atoms with Crippen molar-refractivity contribution in [3.8, 4) is 11.5 Å². The smallest absolute Gasteiger partial charge is 0.250 e. The summed E-state index contributed by atoms with van der Waals surface area (Å²) < 4.78 is 12.0. The minimum Gasteiger partial charge on any atom is -0.493 e. The number of hydrogen-bond donors (Lipinski definition) is 1. The first kappa shape index (κ1) is 24.6. The van der Waals surface area contributed by atoms with E-state index in [1.807, 2.05) is 6.92 Å². The van der Waals surface area contributed by atoms with E-state index >= 15 is 0 Å². The summed E-state index contributed by atoms with van der Waals surface area (Å²) in [5, 5.41) is 14.0. The minimum atomic E-state index is -0.267. The van der Waals surface area contributed by atoms with Crippen LogP contribution in [0.3, 0.4) is 0 Å². The lowest BCUT2D eigenvalue weighted by molar-refractivity contribution is -0.118. The number of hydrazone groups is 1. The van der Waals surface area contributed by atoms with Crippen LogP contribution in [0.15, 0.2) is 39.8 Å². The van der Waals surface area contributed by atoms with Crippen molar-refractivity contribution in [2.24, 2.45) is 5.10 Å². The number of aryl methyl sites for hydroxylation is 1. The van der Waals surface area contributed by atoms with Gasteiger partial charge < -0.3 is 9.47 Å². The summed E-state index contributed by atoms with van der Waals surface area (Å²) in [6.07, 6.45) is 1.46. The lowest BCUT2D eigenvalue weighted by Gasteiger charge is -2.14. The van der Waals surface area contributed by atoms with Crippen LogP contribution in [0.4, 0.5) is 0 Å². The van der Waals surface area contributed by atoms with Crippen molar-refractivity contribution in [2.45, 2.75) is 17.9 Å². The van der Waals surface area contributed by atoms with Gasteiger partial charge in [0.2, 0.25) is 0 Å². The number of ether oxygens (including phenoxy) is 2. The molecule has 0 aliphatic rings. The van der Waals surface area contributed by atoms with Gasteiger partial charge in [-0.15, -0.1) is 10.2 Å². The Bertz CT molecular complexity index is 1140. The third kappa shape index (κ3) is 6.98. The monoisotopic (exact) mass is 530 g/mol. The molecule has 0 aliphatic heterocycles. The highest BCUT2D eigenvalue weighted by atomic mass is 35.5. The number of carbonyl (C=O) groups excluding carboxylic acids is 1. The molecule has 0 aliphatic carbocycles. The van der Waals surface area contributed by atoms with Gasteiger partial charge in [0.15, 0.2) is 15.8 Å². The molecule has 1 N–H and O–H groups in total. The topological polar surface area (TPSA) is 85.7 Å². The highest BCUT2D eigenvalue weighted by molar-refractivity contribution is 8.01. The zero-order valence-corrected chi connectivity index (χ0v) is 20.8. The van der Waals surface area contributed by atoms with E-state index in [1.165, 1.54) is 36.4 Å². The van der Waals surface area contributed by atoms with Crippen LogP contribution in [0.25, 0.3) is 0 Å². The average molecular weight is 532 g/mol. The van der Waals surface area contributed by atoms with Crippen LogP contribution < -0.4 is 14.9 Å². The van der Waals surface area contributed by atoms with Crippen molar-refractivity contribution < 1.29 is 14.3 Å². The predicted octanol–water partition coefficient (Wildman–Crippen LogP) is 5.64. The van der Waals surface area contributed by atoms with Gasteiger partial charge in [-0.2, -0.15) is 5.10 Å². The molecule has 1 aromatic heterocycles. The number of benzene rings is 2. The first-order valence-corrected chi connectivity index (χ1v) is 12.0. The van der Waals surface area contributed by atoms with Crippen molar-refractivity contribution in [3.63, 3.8) is 0 Å². The van der Waals surface area contributed by atoms with Crippen LogP contribution in [-0.4, -0.2) is 35.2 Å². The zero-order chi connectivity index (χ0) is 23.1. The van der Waals surface area contributed by atoms with Gasteiger partial charge in [0, 0.05) is 15.6 Å². The third-order valence-electron chi connectivity index (χ3n) is 3.88. The quantitative estimate of drug-likeness (QED) is 0.219. The summed E-state index contributed by atoms with van der Waals surface area (Å²) in [5.74, 6) is 0.690. The number of nitrogens with zero attached hydrogens (tertiary/aromatic N) is 3. The van der Waals surface area contributed by atoms with Gasteiger partial charge >= 0.3 is 0 Å². The molecule has 32 heavy (non-hydrogen) atoms. The van der Waals surface area contributed by atoms with Crippen molar-refractivity contribution >= 4 is 70.0 Å². The van der Waals surface area contributed by atoms with Gasteiger partial charge in [0.05, 0.1) is 24.1 Å². The highest BCUT2D eigenvalue weighted by Gasteiger charge is 2.13. The van der Waals surface area contributed by atoms with E-state index < -0.39 is 0 Å². The molecule has 0 spiro atoms. The van der Waals surface area contributed by atoms with E-state index in [0.29, 0.717) is 32.1 Å². The Morgan fingerprint density at radius 3 is 2.72 bits per heavy atom. The third-order valence-corrected chi connectivity index (χ3v) is 6.72. The fraction of sp³-hybridized carbons (Fsp3) is 0.200. The average Bonchev–Trinajstić information content (AvgIpc) is 3.17. The molecule has 0 atom stereocenters. The maximum atomic E-state index is 11.9. The van der Waals surface area contributed by atoms with E-state index in [1.54, 1.807) is 30.3 Å². The Labute approximate surface area is 208 Å². The number of amides is 1. The molecule has 0 saturated heterocycles. The molecule has 0 saturated carbocycles. The number of rotatable bonds is 9. The van der Waals surface area contributed by atoms with Gasteiger partial charge in [0.25, 0.3) is 5.91 Å². The number of methoxy groups -OCH3 is 1. The van der Waals surface area contributed by atoms with Gasteiger partial charge in [-0.1, -0.05) is 64.0 Å². The molecule has 2 aromatic carbocycles. The number of hydrogen-bond acceptors (Lipinski definition) is 8. The number of halogens is 3. The molecular weight excluding hydrogens is 515 g/mol. The van der Waals surface area contributed by atoms with E-state index in [0.717, 1.165) is 14.9 Å². The van der Waals surface area contributed by atoms with E-state index in [4.69, 9.17) is 44.3 Å². The highest BCUT2D eigenvalue weighted by Crippen LogP contribution is 2.37. The minimum absolute atomic E-state index is 0.177. The summed E-state index contributed by atoms with van der Waals surface area (Å²) in [5.41, 5.74) is 3.84. The summed E-state index contributed by atoms with van der Waals surface area (Å²) in [4.78, 5) is 11.9. The predicted molar refractivity (Wildman–Crippen MR) is 130 cm³/mol. The SMILES string of the molecule is COc1cc(C=NNC(=O)CSc2nnc(C)s2)cc(Cl)c1OCc1ccc(Cl)cc1Cl. The van der Waals surface area contributed by atoms with Gasteiger partial charge in [-0.25, -0.2) is 5.43 Å². The molecular formula is C20H17Cl3N4O3S2. The molecule has 1 amide bonds. The van der Waals surface area contributed by atoms with Crippen LogP contribution in [0.2, 0.25) is 15.1 Å². The first-order valence-electron chi connectivity index (χ1n) is 9.04. The first-order chi connectivity index (χ1) is 15.4. The second-order valence-corrected chi connectivity index (χ2v) is 9.88. The fourth-order valence-electron chi connectivity index (χ4n) is 2.42. The second-order valence-electron chi connectivity index (χ2n) is 6.23. The van der Waals surface area contributed by atoms with Crippen molar-refractivity contribution in [1.82, 2.24) is 15.6 Å². The zero-order valence-electron chi connectivity index (χ0n) is 16.9. The maximum Gasteiger partial charge on any atom is 0.250 e. The van der Waals surface area contributed by atoms with Crippen LogP contribution in [0.5, 0.6) is 11.5 Å². The van der Waals surface area contributed by atoms with Crippen LogP contribution >= 0.6 is 57.9 Å². The van der Waals surface area contributed by atoms with Gasteiger partial charge in [-0.3, -0.25) is 4.79 Å². The Balaban J connectivity index is 1.60. The molecule has 3 aromatic rings. The molecule has 0 bridgehead atoms. The molecule has 1 heterocycles. The molecule has 0 unspecified atom stereocenters. The fourth-order valence-corrected chi connectivity index (χ4v) is 4.76. The Morgan fingerprint density at radius 2 is 2.03 bits per heavy atom. The van der Waals surface area contributed by atoms with E-state index in [9.17, 15) is 4.79 Å². The van der Waals surface area contributed by atoms with Crippen molar-refractivity contribution in [1.29, 1.82) is 0 Å². The summed E-state index contributed by atoms with van der Waals surface area (Å²) in [7, 11) is 1.50. The van der Waals surface area contributed by atoms with Crippen molar-refractivity contribution in [3.05, 3.63) is 61.5 Å². The standard InChI is InChI=1S/C20H17Cl3N4O3S2/c1-11-25-27-20(32-11)31-10-18(28)26-24-8-12-5-16(23)19(17(6-12)29-2)30-9-13-3-4-14(21)7-15(13)22/h3-8H,9-10H2,1-2H3,(H,26,28). The number of nitrogens with one attached hydrogen (secondary N) is 1. The summed E-state index contributed by atoms with van der Waals surface area (Å²) in [6.45, 7) is 2.04. The largest absolute Gasteiger partial charge is 0.493 e. The summed E-state index contributed by atoms with van der Waals surface area (Å²) >= 11 is 21.2. The lowest BCUT2D eigenvalue weighted by Crippen LogP contribution is -2.19. The molecule has 0 fully saturated rings. The maximum absolute atomic E-state index is 11.9. The van der Waals surface area contributed by atoms with E-state index in [2.05, 4.69) is 20.7 Å². The van der Waals surface area contributed by atoms with Crippen LogP contribution in [0.1, 0.15) is 16.1 Å². The number of thioether (sulfide) groups is 1. The Hall–Kier alpha value is -2.04. The van der Waals surface area contributed by atoms with E-state index in [-0.39, 0.29) is 18.3 Å². The molecule has 168 valence electrons. The Kier molecular flexibility index (Phi) is 9.01. The lowest BCUT2D eigenvalue weighted by atomic mass is 10.2. The van der Waals surface area contributed by atoms with Crippen molar-refractivity contribution in [2.75, 3.05) is 12.9 Å². The van der Waals surface area contributed by atoms with Crippen LogP contribution in [0, 0.1) is 6.92 Å². The molecule has 7 nitrogen and oxygen atoms in total. The van der Waals surface area contributed by atoms with Gasteiger partial charge in [-0.05, 0) is 36.8 Å². The normalized spacial score (nSPS) is 11.0.